The van der Waals surface area contributed by atoms with E-state index in [1.165, 1.54) is 16.4 Å². The van der Waals surface area contributed by atoms with Gasteiger partial charge in [-0.15, -0.1) is 0 Å². The number of likely N-dealkylation sites (tertiary alicyclic amines) is 1. The molecule has 1 aromatic carbocycles. The average Bonchev–Trinajstić information content (AvgIpc) is 3.02. The zero-order valence-corrected chi connectivity index (χ0v) is 15.4. The smallest absolute Gasteiger partial charge is 0.253 e. The molecule has 2 heterocycles. The molecule has 3 rings (SSSR count). The number of rotatable bonds is 3. The lowest BCUT2D eigenvalue weighted by Crippen LogP contribution is -2.36. The summed E-state index contributed by atoms with van der Waals surface area (Å²) in [5, 5.41) is 0.173. The number of nitrogens with zero attached hydrogens (tertiary/aromatic N) is 2. The first kappa shape index (κ1) is 17.7. The molecule has 5 nitrogen and oxygen atoms in total. The molecule has 0 spiro atoms. The molecule has 1 atom stereocenters. The standard InChI is InChI=1S/C17H23ClN2O3S/c1-13-7-10-19(12-13)17(21)14-5-6-15(18)16(11-14)24(22,23)20-8-3-2-4-9-20/h5-6,11,13H,2-4,7-10,12H2,1H3/t13-/m1/s1. The number of hydrogen-bond acceptors (Lipinski definition) is 3. The van der Waals surface area contributed by atoms with Gasteiger partial charge in [-0.2, -0.15) is 4.31 Å². The van der Waals surface area contributed by atoms with E-state index in [0.717, 1.165) is 38.8 Å². The normalized spacial score (nSPS) is 22.8. The summed E-state index contributed by atoms with van der Waals surface area (Å²) in [7, 11) is -3.65. The zero-order valence-electron chi connectivity index (χ0n) is 13.9. The van der Waals surface area contributed by atoms with Crippen LogP contribution < -0.4 is 0 Å². The molecule has 0 saturated carbocycles. The second-order valence-electron chi connectivity index (χ2n) is 6.75. The predicted molar refractivity (Wildman–Crippen MR) is 93.7 cm³/mol. The van der Waals surface area contributed by atoms with Gasteiger partial charge in [-0.3, -0.25) is 4.79 Å². The van der Waals surface area contributed by atoms with Crippen molar-refractivity contribution in [2.75, 3.05) is 26.2 Å². The molecule has 2 fully saturated rings. The third-order valence-electron chi connectivity index (χ3n) is 4.82. The maximum atomic E-state index is 12.9. The van der Waals surface area contributed by atoms with Gasteiger partial charge in [-0.1, -0.05) is 24.9 Å². The number of piperidine rings is 1. The maximum absolute atomic E-state index is 12.9. The van der Waals surface area contributed by atoms with Gasteiger partial charge in [0.15, 0.2) is 0 Å². The van der Waals surface area contributed by atoms with Crippen LogP contribution in [0.5, 0.6) is 0 Å². The van der Waals surface area contributed by atoms with E-state index >= 15 is 0 Å². The van der Waals surface area contributed by atoms with Gasteiger partial charge in [0, 0.05) is 31.7 Å². The molecule has 0 radical (unpaired) electrons. The van der Waals surface area contributed by atoms with Gasteiger partial charge in [0.05, 0.1) is 5.02 Å². The molecule has 0 aromatic heterocycles. The lowest BCUT2D eigenvalue weighted by Gasteiger charge is -2.26. The van der Waals surface area contributed by atoms with Gasteiger partial charge in [-0.25, -0.2) is 8.42 Å². The second kappa shape index (κ2) is 7.02. The Morgan fingerprint density at radius 1 is 1.17 bits per heavy atom. The Morgan fingerprint density at radius 2 is 1.88 bits per heavy atom. The van der Waals surface area contributed by atoms with Crippen LogP contribution in [-0.4, -0.2) is 49.7 Å². The van der Waals surface area contributed by atoms with Crippen LogP contribution >= 0.6 is 11.6 Å². The molecule has 132 valence electrons. The number of sulfonamides is 1. The molecule has 0 aliphatic carbocycles. The van der Waals surface area contributed by atoms with Crippen LogP contribution in [0.4, 0.5) is 0 Å². The largest absolute Gasteiger partial charge is 0.338 e. The Morgan fingerprint density at radius 3 is 2.50 bits per heavy atom. The number of benzene rings is 1. The highest BCUT2D eigenvalue weighted by atomic mass is 35.5. The minimum Gasteiger partial charge on any atom is -0.338 e. The Balaban J connectivity index is 1.90. The fourth-order valence-corrected chi connectivity index (χ4v) is 5.40. The van der Waals surface area contributed by atoms with Gasteiger partial charge in [0.1, 0.15) is 4.90 Å². The SMILES string of the molecule is C[C@@H]1CCN(C(=O)c2ccc(Cl)c(S(=O)(=O)N3CCCCC3)c2)C1. The van der Waals surface area contributed by atoms with Crippen LogP contribution in [-0.2, 0) is 10.0 Å². The van der Waals surface area contributed by atoms with Crippen molar-refractivity contribution in [3.05, 3.63) is 28.8 Å². The molecule has 2 aliphatic heterocycles. The maximum Gasteiger partial charge on any atom is 0.253 e. The van der Waals surface area contributed by atoms with E-state index in [-0.39, 0.29) is 15.8 Å². The van der Waals surface area contributed by atoms with E-state index in [2.05, 4.69) is 6.92 Å². The van der Waals surface area contributed by atoms with Crippen LogP contribution in [0.2, 0.25) is 5.02 Å². The molecule has 0 unspecified atom stereocenters. The van der Waals surface area contributed by atoms with Crippen LogP contribution in [0.3, 0.4) is 0 Å². The van der Waals surface area contributed by atoms with E-state index in [0.29, 0.717) is 24.6 Å². The Hall–Kier alpha value is -1.11. The highest BCUT2D eigenvalue weighted by Crippen LogP contribution is 2.29. The van der Waals surface area contributed by atoms with Crippen molar-refractivity contribution < 1.29 is 13.2 Å². The molecule has 0 bridgehead atoms. The van der Waals surface area contributed by atoms with E-state index in [1.807, 2.05) is 0 Å². The van der Waals surface area contributed by atoms with E-state index in [9.17, 15) is 13.2 Å². The van der Waals surface area contributed by atoms with Crippen molar-refractivity contribution in [1.82, 2.24) is 9.21 Å². The first-order valence-electron chi connectivity index (χ1n) is 8.48. The first-order valence-corrected chi connectivity index (χ1v) is 10.3. The van der Waals surface area contributed by atoms with Crippen molar-refractivity contribution in [3.8, 4) is 0 Å². The number of hydrogen-bond donors (Lipinski definition) is 0. The fourth-order valence-electron chi connectivity index (χ4n) is 3.38. The third-order valence-corrected chi connectivity index (χ3v) is 7.20. The Labute approximate surface area is 148 Å². The summed E-state index contributed by atoms with van der Waals surface area (Å²) < 4.78 is 27.2. The number of carbonyl (C=O) groups excluding carboxylic acids is 1. The third kappa shape index (κ3) is 3.46. The summed E-state index contributed by atoms with van der Waals surface area (Å²) in [4.78, 5) is 14.5. The quantitative estimate of drug-likeness (QED) is 0.821. The predicted octanol–water partition coefficient (Wildman–Crippen LogP) is 3.00. The molecule has 7 heteroatoms. The van der Waals surface area contributed by atoms with E-state index < -0.39 is 10.0 Å². The monoisotopic (exact) mass is 370 g/mol. The number of halogens is 1. The van der Waals surface area contributed by atoms with Crippen LogP contribution in [0, 0.1) is 5.92 Å². The Bertz CT molecular complexity index is 729. The second-order valence-corrected chi connectivity index (χ2v) is 9.07. The number of amides is 1. The van der Waals surface area contributed by atoms with Crippen molar-refractivity contribution >= 4 is 27.5 Å². The summed E-state index contributed by atoms with van der Waals surface area (Å²) in [6.45, 7) is 4.58. The fraction of sp³-hybridized carbons (Fsp3) is 0.588. The van der Waals surface area contributed by atoms with Crippen LogP contribution in [0.25, 0.3) is 0 Å². The van der Waals surface area contributed by atoms with Crippen molar-refractivity contribution in [2.45, 2.75) is 37.5 Å². The van der Waals surface area contributed by atoms with Crippen LogP contribution in [0.1, 0.15) is 43.0 Å². The molecular weight excluding hydrogens is 348 g/mol. The lowest BCUT2D eigenvalue weighted by atomic mass is 10.2. The summed E-state index contributed by atoms with van der Waals surface area (Å²) in [6.07, 6.45) is 3.76. The van der Waals surface area contributed by atoms with Gasteiger partial charge < -0.3 is 4.90 Å². The van der Waals surface area contributed by atoms with Gasteiger partial charge in [0.25, 0.3) is 5.91 Å². The molecule has 2 saturated heterocycles. The molecule has 1 aromatic rings. The van der Waals surface area contributed by atoms with Crippen molar-refractivity contribution in [1.29, 1.82) is 0 Å². The van der Waals surface area contributed by atoms with Gasteiger partial charge in [-0.05, 0) is 43.4 Å². The van der Waals surface area contributed by atoms with Gasteiger partial charge in [0.2, 0.25) is 10.0 Å². The summed E-state index contributed by atoms with van der Waals surface area (Å²) in [5.41, 5.74) is 0.393. The summed E-state index contributed by atoms with van der Waals surface area (Å²) in [5.74, 6) is 0.365. The topological polar surface area (TPSA) is 57.7 Å². The number of carbonyl (C=O) groups is 1. The van der Waals surface area contributed by atoms with Crippen LogP contribution in [0.15, 0.2) is 23.1 Å². The van der Waals surface area contributed by atoms with E-state index in [4.69, 9.17) is 11.6 Å². The minimum atomic E-state index is -3.65. The first-order chi connectivity index (χ1) is 11.4. The van der Waals surface area contributed by atoms with E-state index in [1.54, 1.807) is 11.0 Å². The van der Waals surface area contributed by atoms with Crippen molar-refractivity contribution in [2.24, 2.45) is 5.92 Å². The zero-order chi connectivity index (χ0) is 17.3. The lowest BCUT2D eigenvalue weighted by molar-refractivity contribution is 0.0788. The highest BCUT2D eigenvalue weighted by Gasteiger charge is 2.30. The molecule has 1 amide bonds. The van der Waals surface area contributed by atoms with Gasteiger partial charge >= 0.3 is 0 Å². The minimum absolute atomic E-state index is 0.0455. The molecule has 0 N–H and O–H groups in total. The molecule has 2 aliphatic rings. The molecular formula is C17H23ClN2O3S. The Kier molecular flexibility index (Phi) is 5.18. The average molecular weight is 371 g/mol. The summed E-state index contributed by atoms with van der Waals surface area (Å²) >= 11 is 6.16. The molecule has 24 heavy (non-hydrogen) atoms. The summed E-state index contributed by atoms with van der Waals surface area (Å²) in [6, 6.07) is 4.57. The van der Waals surface area contributed by atoms with Crippen molar-refractivity contribution in [3.63, 3.8) is 0 Å². The highest BCUT2D eigenvalue weighted by molar-refractivity contribution is 7.89.